The molecule has 0 saturated carbocycles. The fraction of sp³-hybridized carbons (Fsp3) is 0.529. The first-order chi connectivity index (χ1) is 11.3. The first-order valence-corrected chi connectivity index (χ1v) is 8.02. The zero-order valence-corrected chi connectivity index (χ0v) is 13.8. The van der Waals surface area contributed by atoms with E-state index < -0.39 is 0 Å². The average Bonchev–Trinajstić information content (AvgIpc) is 3.09. The van der Waals surface area contributed by atoms with Crippen LogP contribution in [-0.2, 0) is 17.8 Å². The van der Waals surface area contributed by atoms with Gasteiger partial charge in [-0.15, -0.1) is 0 Å². The number of methoxy groups -OCH3 is 1. The molecule has 3 rings (SSSR count). The molecule has 23 heavy (non-hydrogen) atoms. The highest BCUT2D eigenvalue weighted by Gasteiger charge is 2.18. The quantitative estimate of drug-likeness (QED) is 0.815. The molecule has 2 heterocycles. The Morgan fingerprint density at radius 3 is 2.87 bits per heavy atom. The summed E-state index contributed by atoms with van der Waals surface area (Å²) < 4.78 is 12.7. The number of benzene rings is 1. The lowest BCUT2D eigenvalue weighted by molar-refractivity contribution is 0.0407. The van der Waals surface area contributed by atoms with Gasteiger partial charge in [0.15, 0.2) is 0 Å². The molecule has 0 radical (unpaired) electrons. The van der Waals surface area contributed by atoms with E-state index in [1.807, 2.05) is 10.7 Å². The summed E-state index contributed by atoms with van der Waals surface area (Å²) in [5, 5.41) is 4.18. The molecule has 0 aliphatic carbocycles. The largest absolute Gasteiger partial charge is 0.496 e. The van der Waals surface area contributed by atoms with Crippen LogP contribution in [0.15, 0.2) is 30.9 Å². The van der Waals surface area contributed by atoms with Gasteiger partial charge in [0.25, 0.3) is 0 Å². The fourth-order valence-corrected chi connectivity index (χ4v) is 3.09. The van der Waals surface area contributed by atoms with Crippen molar-refractivity contribution in [1.82, 2.24) is 19.7 Å². The predicted molar refractivity (Wildman–Crippen MR) is 87.4 cm³/mol. The van der Waals surface area contributed by atoms with E-state index in [0.717, 1.165) is 43.9 Å². The van der Waals surface area contributed by atoms with Crippen molar-refractivity contribution in [3.63, 3.8) is 0 Å². The molecular formula is C17H24N4O2. The number of ether oxygens (including phenoxy) is 2. The van der Waals surface area contributed by atoms with Crippen molar-refractivity contribution in [1.29, 1.82) is 0 Å². The zero-order valence-electron chi connectivity index (χ0n) is 13.8. The van der Waals surface area contributed by atoms with Gasteiger partial charge in [0.05, 0.1) is 13.7 Å². The van der Waals surface area contributed by atoms with Crippen LogP contribution in [0.5, 0.6) is 5.75 Å². The van der Waals surface area contributed by atoms with Gasteiger partial charge in [-0.2, -0.15) is 5.10 Å². The van der Waals surface area contributed by atoms with Gasteiger partial charge < -0.3 is 9.47 Å². The Morgan fingerprint density at radius 2 is 2.17 bits per heavy atom. The maximum Gasteiger partial charge on any atom is 0.137 e. The number of hydrogen-bond donors (Lipinski definition) is 0. The summed E-state index contributed by atoms with van der Waals surface area (Å²) in [7, 11) is 3.89. The van der Waals surface area contributed by atoms with Crippen molar-refractivity contribution in [2.75, 3.05) is 27.4 Å². The van der Waals surface area contributed by atoms with Gasteiger partial charge >= 0.3 is 0 Å². The van der Waals surface area contributed by atoms with Crippen molar-refractivity contribution < 1.29 is 9.47 Å². The number of hydrogen-bond acceptors (Lipinski definition) is 5. The molecule has 1 fully saturated rings. The molecule has 1 aliphatic heterocycles. The maximum absolute atomic E-state index is 5.48. The first-order valence-electron chi connectivity index (χ1n) is 8.02. The minimum Gasteiger partial charge on any atom is -0.496 e. The topological polar surface area (TPSA) is 52.4 Å². The Labute approximate surface area is 137 Å². The molecule has 1 aliphatic rings. The van der Waals surface area contributed by atoms with Gasteiger partial charge in [-0.3, -0.25) is 4.90 Å². The van der Waals surface area contributed by atoms with E-state index in [4.69, 9.17) is 9.47 Å². The molecule has 6 nitrogen and oxygen atoms in total. The summed E-state index contributed by atoms with van der Waals surface area (Å²) in [6.45, 7) is 3.33. The third kappa shape index (κ3) is 4.09. The standard InChI is InChI=1S/C17H24N4O2/c1-20(16-5-7-23-8-6-16)10-14-3-4-17(22-2)15(9-14)11-21-13-18-12-19-21/h3-4,9,12-13,16H,5-8,10-11H2,1-2H3. The molecule has 0 amide bonds. The van der Waals surface area contributed by atoms with Crippen LogP contribution in [-0.4, -0.2) is 53.1 Å². The summed E-state index contributed by atoms with van der Waals surface area (Å²) in [6, 6.07) is 6.99. The van der Waals surface area contributed by atoms with Crippen LogP contribution in [0.25, 0.3) is 0 Å². The van der Waals surface area contributed by atoms with Crippen molar-refractivity contribution in [2.45, 2.75) is 32.0 Å². The minimum absolute atomic E-state index is 0.601. The molecule has 0 spiro atoms. The van der Waals surface area contributed by atoms with Crippen LogP contribution in [0.1, 0.15) is 24.0 Å². The SMILES string of the molecule is COc1ccc(CN(C)C2CCOCC2)cc1Cn1cncn1. The molecule has 6 heteroatoms. The van der Waals surface area contributed by atoms with E-state index in [0.29, 0.717) is 12.6 Å². The highest BCUT2D eigenvalue weighted by atomic mass is 16.5. The van der Waals surface area contributed by atoms with Crippen LogP contribution in [0.2, 0.25) is 0 Å². The van der Waals surface area contributed by atoms with E-state index in [1.54, 1.807) is 19.8 Å². The van der Waals surface area contributed by atoms with Crippen LogP contribution >= 0.6 is 0 Å². The molecule has 0 atom stereocenters. The molecule has 0 bridgehead atoms. The maximum atomic E-state index is 5.48. The summed E-state index contributed by atoms with van der Waals surface area (Å²) in [4.78, 5) is 6.42. The van der Waals surface area contributed by atoms with Gasteiger partial charge in [0, 0.05) is 31.4 Å². The van der Waals surface area contributed by atoms with Gasteiger partial charge in [-0.05, 0) is 37.6 Å². The first kappa shape index (κ1) is 16.0. The van der Waals surface area contributed by atoms with Gasteiger partial charge in [0.2, 0.25) is 0 Å². The second-order valence-electron chi connectivity index (χ2n) is 6.00. The van der Waals surface area contributed by atoms with Crippen LogP contribution in [0, 0.1) is 0 Å². The molecule has 2 aromatic rings. The van der Waals surface area contributed by atoms with E-state index in [-0.39, 0.29) is 0 Å². The van der Waals surface area contributed by atoms with Crippen molar-refractivity contribution >= 4 is 0 Å². The van der Waals surface area contributed by atoms with Crippen molar-refractivity contribution in [2.24, 2.45) is 0 Å². The van der Waals surface area contributed by atoms with Gasteiger partial charge in [-0.1, -0.05) is 6.07 Å². The lowest BCUT2D eigenvalue weighted by atomic mass is 10.1. The highest BCUT2D eigenvalue weighted by molar-refractivity contribution is 5.37. The predicted octanol–water partition coefficient (Wildman–Crippen LogP) is 1.95. The fourth-order valence-electron chi connectivity index (χ4n) is 3.09. The van der Waals surface area contributed by atoms with E-state index in [2.05, 4.69) is 34.2 Å². The molecule has 0 N–H and O–H groups in total. The van der Waals surface area contributed by atoms with E-state index in [9.17, 15) is 0 Å². The van der Waals surface area contributed by atoms with E-state index in [1.165, 1.54) is 5.56 Å². The number of nitrogens with zero attached hydrogens (tertiary/aromatic N) is 4. The van der Waals surface area contributed by atoms with E-state index >= 15 is 0 Å². The molecule has 1 aromatic heterocycles. The third-order valence-electron chi connectivity index (χ3n) is 4.39. The Bertz CT molecular complexity index is 609. The average molecular weight is 316 g/mol. The Balaban J connectivity index is 1.71. The number of aromatic nitrogens is 3. The summed E-state index contributed by atoms with van der Waals surface area (Å²) in [5.41, 5.74) is 2.41. The van der Waals surface area contributed by atoms with Gasteiger partial charge in [0.1, 0.15) is 18.4 Å². The smallest absolute Gasteiger partial charge is 0.137 e. The highest BCUT2D eigenvalue weighted by Crippen LogP contribution is 2.23. The lowest BCUT2D eigenvalue weighted by Crippen LogP contribution is -2.36. The zero-order chi connectivity index (χ0) is 16.1. The normalized spacial score (nSPS) is 16.0. The Morgan fingerprint density at radius 1 is 1.35 bits per heavy atom. The Hall–Kier alpha value is -1.92. The van der Waals surface area contributed by atoms with Crippen LogP contribution in [0.4, 0.5) is 0 Å². The second kappa shape index (κ2) is 7.57. The summed E-state index contributed by atoms with van der Waals surface area (Å²) >= 11 is 0. The summed E-state index contributed by atoms with van der Waals surface area (Å²) in [6.07, 6.45) is 5.49. The molecular weight excluding hydrogens is 292 g/mol. The minimum atomic E-state index is 0.601. The van der Waals surface area contributed by atoms with Crippen molar-refractivity contribution in [3.8, 4) is 5.75 Å². The Kier molecular flexibility index (Phi) is 5.25. The monoisotopic (exact) mass is 316 g/mol. The summed E-state index contributed by atoms with van der Waals surface area (Å²) in [5.74, 6) is 0.887. The molecule has 0 unspecified atom stereocenters. The lowest BCUT2D eigenvalue weighted by Gasteiger charge is -2.31. The number of rotatable bonds is 6. The molecule has 1 saturated heterocycles. The van der Waals surface area contributed by atoms with Gasteiger partial charge in [-0.25, -0.2) is 9.67 Å². The van der Waals surface area contributed by atoms with Crippen LogP contribution < -0.4 is 4.74 Å². The molecule has 124 valence electrons. The van der Waals surface area contributed by atoms with Crippen molar-refractivity contribution in [3.05, 3.63) is 42.0 Å². The molecule has 1 aromatic carbocycles. The second-order valence-corrected chi connectivity index (χ2v) is 6.00. The van der Waals surface area contributed by atoms with Crippen LogP contribution in [0.3, 0.4) is 0 Å². The third-order valence-corrected chi connectivity index (χ3v) is 4.39.